The first-order valence-corrected chi connectivity index (χ1v) is 12.2. The number of carbonyl (C=O) groups excluding carboxylic acids is 2. The van der Waals surface area contributed by atoms with Gasteiger partial charge in [0.1, 0.15) is 17.3 Å². The number of amides is 2. The molecule has 2 N–H and O–H groups in total. The van der Waals surface area contributed by atoms with Gasteiger partial charge in [-0.2, -0.15) is 0 Å². The second-order valence-corrected chi connectivity index (χ2v) is 9.65. The molecule has 4 aromatic rings. The van der Waals surface area contributed by atoms with Crippen LogP contribution >= 0.6 is 22.9 Å². The third-order valence-corrected chi connectivity index (χ3v) is 6.90. The quantitative estimate of drug-likeness (QED) is 0.396. The first-order valence-electron chi connectivity index (χ1n) is 11.0. The molecule has 0 spiro atoms. The number of aliphatic hydroxyl groups is 1. The highest BCUT2D eigenvalue weighted by Gasteiger charge is 2.27. The largest absolute Gasteiger partial charge is 0.456 e. The maximum absolute atomic E-state index is 12.8. The maximum atomic E-state index is 12.8. The Labute approximate surface area is 210 Å². The van der Waals surface area contributed by atoms with E-state index in [1.54, 1.807) is 47.5 Å². The van der Waals surface area contributed by atoms with Gasteiger partial charge in [-0.05, 0) is 42.3 Å². The highest BCUT2D eigenvalue weighted by atomic mass is 35.5. The molecule has 2 amide bonds. The minimum absolute atomic E-state index is 0.105. The highest BCUT2D eigenvalue weighted by Crippen LogP contribution is 2.35. The number of rotatable bonds is 6. The van der Waals surface area contributed by atoms with Crippen LogP contribution < -0.4 is 10.1 Å². The molecule has 8 nitrogen and oxygen atoms in total. The van der Waals surface area contributed by atoms with Crippen LogP contribution in [0.25, 0.3) is 10.2 Å². The molecule has 1 aliphatic heterocycles. The fraction of sp³-hybridized carbons (Fsp3) is 0.200. The van der Waals surface area contributed by atoms with Crippen molar-refractivity contribution in [1.29, 1.82) is 0 Å². The lowest BCUT2D eigenvalue weighted by Gasteiger charge is -2.13. The molecule has 0 bridgehead atoms. The number of halogens is 1. The lowest BCUT2D eigenvalue weighted by molar-refractivity contribution is -0.115. The van der Waals surface area contributed by atoms with Crippen molar-refractivity contribution in [1.82, 2.24) is 14.9 Å². The van der Waals surface area contributed by atoms with Gasteiger partial charge >= 0.3 is 0 Å². The first kappa shape index (κ1) is 23.2. The summed E-state index contributed by atoms with van der Waals surface area (Å²) in [7, 11) is 0. The zero-order valence-corrected chi connectivity index (χ0v) is 20.1. The van der Waals surface area contributed by atoms with Gasteiger partial charge in [-0.3, -0.25) is 14.6 Å². The van der Waals surface area contributed by atoms with E-state index < -0.39 is 6.10 Å². The molecule has 0 saturated carbocycles. The molecule has 0 unspecified atom stereocenters. The summed E-state index contributed by atoms with van der Waals surface area (Å²) in [4.78, 5) is 35.7. The second kappa shape index (κ2) is 9.99. The Kier molecular flexibility index (Phi) is 6.63. The van der Waals surface area contributed by atoms with Crippen LogP contribution in [0.2, 0.25) is 5.02 Å². The van der Waals surface area contributed by atoms with Crippen LogP contribution in [0, 0.1) is 0 Å². The third kappa shape index (κ3) is 5.43. The predicted molar refractivity (Wildman–Crippen MR) is 134 cm³/mol. The van der Waals surface area contributed by atoms with Crippen LogP contribution in [0.1, 0.15) is 21.7 Å². The number of aromatic nitrogens is 2. The van der Waals surface area contributed by atoms with Crippen LogP contribution in [0.15, 0.2) is 60.9 Å². The van der Waals surface area contributed by atoms with E-state index in [4.69, 9.17) is 16.3 Å². The van der Waals surface area contributed by atoms with Crippen molar-refractivity contribution in [2.24, 2.45) is 0 Å². The van der Waals surface area contributed by atoms with Crippen molar-refractivity contribution >= 4 is 50.8 Å². The monoisotopic (exact) mass is 508 g/mol. The maximum Gasteiger partial charge on any atom is 0.264 e. The summed E-state index contributed by atoms with van der Waals surface area (Å²) in [5.41, 5.74) is 1.50. The fourth-order valence-electron chi connectivity index (χ4n) is 3.81. The van der Waals surface area contributed by atoms with Gasteiger partial charge in [0.15, 0.2) is 0 Å². The molecule has 0 aliphatic carbocycles. The van der Waals surface area contributed by atoms with Crippen molar-refractivity contribution < 1.29 is 19.4 Å². The van der Waals surface area contributed by atoms with Gasteiger partial charge in [0.25, 0.3) is 5.91 Å². The molecule has 1 aromatic carbocycles. The molecule has 0 radical (unpaired) electrons. The molecule has 1 fully saturated rings. The first-order chi connectivity index (χ1) is 16.9. The van der Waals surface area contributed by atoms with Gasteiger partial charge in [0, 0.05) is 31.5 Å². The smallest absolute Gasteiger partial charge is 0.264 e. The van der Waals surface area contributed by atoms with Gasteiger partial charge in [0.2, 0.25) is 5.91 Å². The van der Waals surface area contributed by atoms with Gasteiger partial charge in [-0.25, -0.2) is 4.98 Å². The van der Waals surface area contributed by atoms with Gasteiger partial charge in [-0.1, -0.05) is 23.7 Å². The van der Waals surface area contributed by atoms with Crippen LogP contribution in [0.4, 0.5) is 5.82 Å². The van der Waals surface area contributed by atoms with E-state index in [0.717, 1.165) is 10.3 Å². The molecule has 178 valence electrons. The number of carbonyl (C=O) groups is 2. The van der Waals surface area contributed by atoms with E-state index in [2.05, 4.69) is 15.3 Å². The van der Waals surface area contributed by atoms with E-state index >= 15 is 0 Å². The number of thiophene rings is 1. The van der Waals surface area contributed by atoms with Gasteiger partial charge in [0.05, 0.1) is 32.6 Å². The van der Waals surface area contributed by atoms with Gasteiger partial charge < -0.3 is 20.1 Å². The van der Waals surface area contributed by atoms with Crippen molar-refractivity contribution in [3.05, 3.63) is 76.4 Å². The zero-order chi connectivity index (χ0) is 24.4. The average molecular weight is 509 g/mol. The molecular weight excluding hydrogens is 488 g/mol. The zero-order valence-electron chi connectivity index (χ0n) is 18.5. The summed E-state index contributed by atoms with van der Waals surface area (Å²) < 4.78 is 6.85. The van der Waals surface area contributed by atoms with Crippen LogP contribution in [-0.2, 0) is 11.2 Å². The van der Waals surface area contributed by atoms with Crippen LogP contribution in [-0.4, -0.2) is 51.0 Å². The fourth-order valence-corrected chi connectivity index (χ4v) is 4.95. The lowest BCUT2D eigenvalue weighted by Crippen LogP contribution is -2.28. The third-order valence-electron chi connectivity index (χ3n) is 5.55. The topological polar surface area (TPSA) is 105 Å². The Morgan fingerprint density at radius 1 is 1.17 bits per heavy atom. The summed E-state index contributed by atoms with van der Waals surface area (Å²) in [6.45, 7) is 0.899. The Morgan fingerprint density at radius 3 is 2.71 bits per heavy atom. The number of fused-ring (bicyclic) bond motifs is 1. The Bertz CT molecular complexity index is 1370. The van der Waals surface area contributed by atoms with Crippen LogP contribution in [0.5, 0.6) is 11.5 Å². The van der Waals surface area contributed by atoms with E-state index in [-0.39, 0.29) is 18.2 Å². The molecule has 10 heteroatoms. The number of nitrogens with one attached hydrogen (secondary N) is 1. The molecule has 1 saturated heterocycles. The number of nitrogens with zero attached hydrogens (tertiary/aromatic N) is 3. The molecule has 1 aliphatic rings. The molecule has 35 heavy (non-hydrogen) atoms. The summed E-state index contributed by atoms with van der Waals surface area (Å²) in [5, 5.41) is 13.0. The number of likely N-dealkylation sites (tertiary alicyclic amines) is 1. The normalized spacial score (nSPS) is 15.4. The summed E-state index contributed by atoms with van der Waals surface area (Å²) in [6, 6.07) is 14.1. The number of anilines is 1. The minimum atomic E-state index is -0.464. The molecule has 1 atom stereocenters. The van der Waals surface area contributed by atoms with Crippen molar-refractivity contribution in [3.8, 4) is 11.5 Å². The Balaban J connectivity index is 1.26. The van der Waals surface area contributed by atoms with Crippen molar-refractivity contribution in [3.63, 3.8) is 0 Å². The summed E-state index contributed by atoms with van der Waals surface area (Å²) in [5.74, 6) is 1.35. The lowest BCUT2D eigenvalue weighted by atomic mass is 10.1. The number of benzene rings is 1. The number of pyridine rings is 2. The second-order valence-electron chi connectivity index (χ2n) is 8.16. The van der Waals surface area contributed by atoms with Crippen molar-refractivity contribution in [2.45, 2.75) is 18.9 Å². The molecule has 5 rings (SSSR count). The number of β-amino-alcohol motifs (C(OH)–C–C–N with tert-alkyl or cyclic N) is 1. The standard InChI is InChI=1S/C25H21ClN4O4S/c26-16-3-6-22(28-13-16)29-23(32)11-15-1-4-18(5-2-15)34-20-7-9-27-19-12-21(35-24(19)20)25(33)30-10-8-17(31)14-30/h1-7,9,12-13,17,31H,8,10-11,14H2,(H,28,29,32)/t17-/m1/s1. The molecule has 3 aromatic heterocycles. The van der Waals surface area contributed by atoms with E-state index in [0.29, 0.717) is 52.2 Å². The van der Waals surface area contributed by atoms with E-state index in [1.165, 1.54) is 17.5 Å². The Hall–Kier alpha value is -3.53. The van der Waals surface area contributed by atoms with Crippen molar-refractivity contribution in [2.75, 3.05) is 18.4 Å². The number of ether oxygens (including phenoxy) is 1. The SMILES string of the molecule is O=C(Cc1ccc(Oc2ccnc3cc(C(=O)N4CC[C@@H](O)C4)sc23)cc1)Nc1ccc(Cl)cn1. The number of aliphatic hydroxyl groups excluding tert-OH is 1. The van der Waals surface area contributed by atoms with Crippen LogP contribution in [0.3, 0.4) is 0 Å². The minimum Gasteiger partial charge on any atom is -0.456 e. The average Bonchev–Trinajstić information content (AvgIpc) is 3.48. The van der Waals surface area contributed by atoms with E-state index in [1.807, 2.05) is 12.1 Å². The predicted octanol–water partition coefficient (Wildman–Crippen LogP) is 4.53. The highest BCUT2D eigenvalue weighted by molar-refractivity contribution is 7.21. The molecule has 4 heterocycles. The number of hydrogen-bond acceptors (Lipinski definition) is 7. The Morgan fingerprint density at radius 2 is 2.00 bits per heavy atom. The summed E-state index contributed by atoms with van der Waals surface area (Å²) in [6.07, 6.45) is 3.43. The number of hydrogen-bond donors (Lipinski definition) is 2. The van der Waals surface area contributed by atoms with Gasteiger partial charge in [-0.15, -0.1) is 11.3 Å². The summed E-state index contributed by atoms with van der Waals surface area (Å²) >= 11 is 7.14. The van der Waals surface area contributed by atoms with E-state index in [9.17, 15) is 14.7 Å². The molecular formula is C25H21ClN4O4S.